The fourth-order valence-electron chi connectivity index (χ4n) is 2.35. The number of amides is 1. The number of hydrogen-bond donors (Lipinski definition) is 2. The van der Waals surface area contributed by atoms with Crippen molar-refractivity contribution in [1.82, 2.24) is 5.32 Å². The van der Waals surface area contributed by atoms with Crippen LogP contribution in [0.15, 0.2) is 24.3 Å². The van der Waals surface area contributed by atoms with E-state index in [0.717, 1.165) is 6.42 Å². The molecule has 1 unspecified atom stereocenters. The summed E-state index contributed by atoms with van der Waals surface area (Å²) in [5.74, 6) is 0.481. The Hall–Kier alpha value is -1.62. The molecule has 0 bridgehead atoms. The molecule has 1 aromatic rings. The van der Waals surface area contributed by atoms with Gasteiger partial charge in [0.1, 0.15) is 24.3 Å². The molecule has 0 spiro atoms. The summed E-state index contributed by atoms with van der Waals surface area (Å²) in [4.78, 5) is 12.1. The second kappa shape index (κ2) is 8.13. The van der Waals surface area contributed by atoms with Crippen molar-refractivity contribution >= 4 is 5.91 Å². The van der Waals surface area contributed by atoms with Gasteiger partial charge in [-0.15, -0.1) is 0 Å². The van der Waals surface area contributed by atoms with Crippen LogP contribution < -0.4 is 10.1 Å². The highest BCUT2D eigenvalue weighted by atomic mass is 19.1. The maximum Gasteiger partial charge on any atom is 0.225 e. The number of hydrogen-bond acceptors (Lipinski definition) is 3. The number of aliphatic hydroxyl groups excluding tert-OH is 1. The summed E-state index contributed by atoms with van der Waals surface area (Å²) >= 11 is 0. The Labute approximate surface area is 131 Å². The number of halogens is 1. The van der Waals surface area contributed by atoms with Gasteiger partial charge in [0.2, 0.25) is 5.91 Å². The number of rotatable bonds is 8. The molecule has 1 amide bonds. The highest BCUT2D eigenvalue weighted by Crippen LogP contribution is 2.25. The Morgan fingerprint density at radius 2 is 1.91 bits per heavy atom. The fourth-order valence-corrected chi connectivity index (χ4v) is 2.35. The smallest absolute Gasteiger partial charge is 0.225 e. The number of carbonyl (C=O) groups excluding carboxylic acids is 1. The third kappa shape index (κ3) is 6.43. The highest BCUT2D eigenvalue weighted by molar-refractivity contribution is 5.81. The summed E-state index contributed by atoms with van der Waals surface area (Å²) in [6.45, 7) is 8.09. The predicted molar refractivity (Wildman–Crippen MR) is 84.1 cm³/mol. The summed E-state index contributed by atoms with van der Waals surface area (Å²) in [6, 6.07) is 5.56. The molecule has 22 heavy (non-hydrogen) atoms. The van der Waals surface area contributed by atoms with Gasteiger partial charge < -0.3 is 15.2 Å². The number of aliphatic hydroxyl groups is 1. The van der Waals surface area contributed by atoms with Crippen molar-refractivity contribution in [3.63, 3.8) is 0 Å². The summed E-state index contributed by atoms with van der Waals surface area (Å²) in [5.41, 5.74) is -0.467. The standard InChI is InChI=1S/C17H26FNO3/c1-12(2)9-17(3,4)16(21)19-10-14(20)11-22-15-7-5-13(18)6-8-15/h5-8,12,14,20H,9-11H2,1-4H3,(H,19,21). The first kappa shape index (κ1) is 18.4. The normalized spacial score (nSPS) is 13.0. The number of nitrogens with one attached hydrogen (secondary N) is 1. The van der Waals surface area contributed by atoms with E-state index in [0.29, 0.717) is 11.7 Å². The van der Waals surface area contributed by atoms with E-state index in [2.05, 4.69) is 19.2 Å². The Kier molecular flexibility index (Phi) is 6.81. The summed E-state index contributed by atoms with van der Waals surface area (Å²) in [7, 11) is 0. The third-order valence-electron chi connectivity index (χ3n) is 3.29. The van der Waals surface area contributed by atoms with Gasteiger partial charge in [-0.25, -0.2) is 4.39 Å². The monoisotopic (exact) mass is 311 g/mol. The molecule has 0 aliphatic carbocycles. The van der Waals surface area contributed by atoms with Gasteiger partial charge in [0.25, 0.3) is 0 Å². The first-order valence-corrected chi connectivity index (χ1v) is 7.55. The molecule has 1 atom stereocenters. The van der Waals surface area contributed by atoms with Crippen molar-refractivity contribution in [2.75, 3.05) is 13.2 Å². The SMILES string of the molecule is CC(C)CC(C)(C)C(=O)NCC(O)COc1ccc(F)cc1. The van der Waals surface area contributed by atoms with Gasteiger partial charge in [-0.05, 0) is 36.6 Å². The minimum absolute atomic E-state index is 0.0382. The molecule has 2 N–H and O–H groups in total. The third-order valence-corrected chi connectivity index (χ3v) is 3.29. The van der Waals surface area contributed by atoms with E-state index in [1.807, 2.05) is 13.8 Å². The molecule has 0 aliphatic heterocycles. The minimum Gasteiger partial charge on any atom is -0.491 e. The van der Waals surface area contributed by atoms with Crippen LogP contribution in [-0.4, -0.2) is 30.3 Å². The van der Waals surface area contributed by atoms with Crippen LogP contribution in [0.5, 0.6) is 5.75 Å². The molecule has 0 aromatic heterocycles. The van der Waals surface area contributed by atoms with Gasteiger partial charge in [-0.2, -0.15) is 0 Å². The molecule has 0 aliphatic rings. The van der Waals surface area contributed by atoms with Crippen molar-refractivity contribution < 1.29 is 19.0 Å². The van der Waals surface area contributed by atoms with E-state index in [4.69, 9.17) is 4.74 Å². The average Bonchev–Trinajstić information content (AvgIpc) is 2.42. The molecule has 1 rings (SSSR count). The van der Waals surface area contributed by atoms with E-state index >= 15 is 0 Å². The van der Waals surface area contributed by atoms with Crippen LogP contribution in [0, 0.1) is 17.2 Å². The van der Waals surface area contributed by atoms with Gasteiger partial charge in [0, 0.05) is 12.0 Å². The molecule has 0 heterocycles. The van der Waals surface area contributed by atoms with Crippen LogP contribution in [0.4, 0.5) is 4.39 Å². The van der Waals surface area contributed by atoms with E-state index in [1.165, 1.54) is 24.3 Å². The van der Waals surface area contributed by atoms with E-state index in [-0.39, 0.29) is 24.9 Å². The zero-order valence-electron chi connectivity index (χ0n) is 13.7. The lowest BCUT2D eigenvalue weighted by atomic mass is 9.83. The Morgan fingerprint density at radius 3 is 2.45 bits per heavy atom. The summed E-state index contributed by atoms with van der Waals surface area (Å²) < 4.78 is 18.1. The molecule has 0 fully saturated rings. The van der Waals surface area contributed by atoms with Crippen LogP contribution >= 0.6 is 0 Å². The van der Waals surface area contributed by atoms with Crippen LogP contribution in [0.25, 0.3) is 0 Å². The fraction of sp³-hybridized carbons (Fsp3) is 0.588. The lowest BCUT2D eigenvalue weighted by Crippen LogP contribution is -2.42. The van der Waals surface area contributed by atoms with Gasteiger partial charge in [-0.3, -0.25) is 4.79 Å². The van der Waals surface area contributed by atoms with Gasteiger partial charge in [0.05, 0.1) is 0 Å². The quantitative estimate of drug-likeness (QED) is 0.776. The zero-order valence-corrected chi connectivity index (χ0v) is 13.7. The molecule has 124 valence electrons. The predicted octanol–water partition coefficient (Wildman–Crippen LogP) is 2.75. The van der Waals surface area contributed by atoms with Crippen molar-refractivity contribution in [3.05, 3.63) is 30.1 Å². The second-order valence-corrected chi connectivity index (χ2v) is 6.61. The number of carbonyl (C=O) groups is 1. The van der Waals surface area contributed by atoms with Crippen LogP contribution in [-0.2, 0) is 4.79 Å². The topological polar surface area (TPSA) is 58.6 Å². The van der Waals surface area contributed by atoms with Gasteiger partial charge >= 0.3 is 0 Å². The largest absolute Gasteiger partial charge is 0.491 e. The van der Waals surface area contributed by atoms with Crippen LogP contribution in [0.1, 0.15) is 34.1 Å². The molecule has 1 aromatic carbocycles. The first-order valence-electron chi connectivity index (χ1n) is 7.55. The molecule has 5 heteroatoms. The molecule has 0 saturated carbocycles. The minimum atomic E-state index is -0.816. The van der Waals surface area contributed by atoms with Crippen molar-refractivity contribution in [1.29, 1.82) is 0 Å². The average molecular weight is 311 g/mol. The van der Waals surface area contributed by atoms with E-state index in [1.54, 1.807) is 0 Å². The van der Waals surface area contributed by atoms with E-state index < -0.39 is 11.5 Å². The summed E-state index contributed by atoms with van der Waals surface area (Å²) in [5, 5.41) is 12.6. The number of ether oxygens (including phenoxy) is 1. The molecular weight excluding hydrogens is 285 g/mol. The highest BCUT2D eigenvalue weighted by Gasteiger charge is 2.28. The number of benzene rings is 1. The lowest BCUT2D eigenvalue weighted by Gasteiger charge is -2.26. The zero-order chi connectivity index (χ0) is 16.8. The Bertz CT molecular complexity index is 471. The van der Waals surface area contributed by atoms with Crippen LogP contribution in [0.3, 0.4) is 0 Å². The first-order chi connectivity index (χ1) is 10.2. The summed E-state index contributed by atoms with van der Waals surface area (Å²) in [6.07, 6.45) is -0.0371. The second-order valence-electron chi connectivity index (χ2n) is 6.61. The van der Waals surface area contributed by atoms with Crippen molar-refractivity contribution in [2.24, 2.45) is 11.3 Å². The molecular formula is C17H26FNO3. The molecule has 0 saturated heterocycles. The van der Waals surface area contributed by atoms with Crippen LogP contribution in [0.2, 0.25) is 0 Å². The van der Waals surface area contributed by atoms with Crippen molar-refractivity contribution in [3.8, 4) is 5.75 Å². The van der Waals surface area contributed by atoms with Gasteiger partial charge in [-0.1, -0.05) is 27.7 Å². The molecule has 0 radical (unpaired) electrons. The molecule has 4 nitrogen and oxygen atoms in total. The Morgan fingerprint density at radius 1 is 1.32 bits per heavy atom. The maximum atomic E-state index is 12.7. The van der Waals surface area contributed by atoms with Crippen molar-refractivity contribution in [2.45, 2.75) is 40.2 Å². The Balaban J connectivity index is 2.34. The maximum absolute atomic E-state index is 12.7. The van der Waals surface area contributed by atoms with Gasteiger partial charge in [0.15, 0.2) is 0 Å². The van der Waals surface area contributed by atoms with E-state index in [9.17, 15) is 14.3 Å². The lowest BCUT2D eigenvalue weighted by molar-refractivity contribution is -0.130.